The summed E-state index contributed by atoms with van der Waals surface area (Å²) >= 11 is 3.45. The van der Waals surface area contributed by atoms with Gasteiger partial charge in [-0.05, 0) is 37.0 Å². The van der Waals surface area contributed by atoms with Gasteiger partial charge in [0.2, 0.25) is 0 Å². The molecule has 90 valence electrons. The van der Waals surface area contributed by atoms with Crippen molar-refractivity contribution < 1.29 is 0 Å². The van der Waals surface area contributed by atoms with Crippen molar-refractivity contribution in [2.45, 2.75) is 38.1 Å². The van der Waals surface area contributed by atoms with Crippen LogP contribution in [0.15, 0.2) is 28.7 Å². The first-order valence-corrected chi connectivity index (χ1v) is 7.00. The van der Waals surface area contributed by atoms with Crippen molar-refractivity contribution in [1.29, 1.82) is 5.26 Å². The van der Waals surface area contributed by atoms with E-state index in [0.29, 0.717) is 5.92 Å². The Morgan fingerprint density at radius 2 is 2.06 bits per heavy atom. The van der Waals surface area contributed by atoms with E-state index in [2.05, 4.69) is 27.3 Å². The van der Waals surface area contributed by atoms with E-state index in [1.54, 1.807) is 0 Å². The molecule has 3 heteroatoms. The predicted octanol–water partition coefficient (Wildman–Crippen LogP) is 4.33. The van der Waals surface area contributed by atoms with Crippen LogP contribution < -0.4 is 5.32 Å². The van der Waals surface area contributed by atoms with Crippen LogP contribution >= 0.6 is 15.9 Å². The topological polar surface area (TPSA) is 35.8 Å². The smallest absolute Gasteiger partial charge is 0.117 e. The fraction of sp³-hybridized carbons (Fsp3) is 0.500. The number of rotatable bonds is 3. The number of anilines is 1. The second-order valence-corrected chi connectivity index (χ2v) is 5.58. The van der Waals surface area contributed by atoms with Crippen LogP contribution in [0.1, 0.15) is 32.1 Å². The van der Waals surface area contributed by atoms with E-state index in [-0.39, 0.29) is 6.04 Å². The van der Waals surface area contributed by atoms with Crippen molar-refractivity contribution in [2.24, 2.45) is 5.92 Å². The van der Waals surface area contributed by atoms with E-state index in [1.165, 1.54) is 32.1 Å². The summed E-state index contributed by atoms with van der Waals surface area (Å²) in [5.41, 5.74) is 1.02. The number of hydrogen-bond donors (Lipinski definition) is 1. The zero-order valence-corrected chi connectivity index (χ0v) is 11.4. The number of nitrogens with one attached hydrogen (secondary N) is 1. The van der Waals surface area contributed by atoms with E-state index in [1.807, 2.05) is 24.3 Å². The quantitative estimate of drug-likeness (QED) is 0.900. The largest absolute Gasteiger partial charge is 0.370 e. The molecule has 0 aliphatic heterocycles. The molecule has 1 aliphatic carbocycles. The molecule has 1 saturated carbocycles. The highest BCUT2D eigenvalue weighted by molar-refractivity contribution is 9.10. The predicted molar refractivity (Wildman–Crippen MR) is 73.7 cm³/mol. The standard InChI is InChI=1S/C14H17BrN2/c15-12-7-4-8-13(9-12)17-14(10-16)11-5-2-1-3-6-11/h4,7-9,11,14,17H,1-3,5-6H2. The van der Waals surface area contributed by atoms with Gasteiger partial charge in [-0.2, -0.15) is 5.26 Å². The number of nitriles is 1. The van der Waals surface area contributed by atoms with Gasteiger partial charge < -0.3 is 5.32 Å². The fourth-order valence-electron chi connectivity index (χ4n) is 2.48. The maximum absolute atomic E-state index is 9.28. The lowest BCUT2D eigenvalue weighted by Gasteiger charge is -2.27. The normalized spacial score (nSPS) is 18.4. The molecule has 1 aromatic rings. The molecule has 1 N–H and O–H groups in total. The number of benzene rings is 1. The van der Waals surface area contributed by atoms with Crippen molar-refractivity contribution in [3.8, 4) is 6.07 Å². The van der Waals surface area contributed by atoms with Gasteiger partial charge in [0.15, 0.2) is 0 Å². The minimum atomic E-state index is -0.0513. The summed E-state index contributed by atoms with van der Waals surface area (Å²) in [7, 11) is 0. The summed E-state index contributed by atoms with van der Waals surface area (Å²) in [5.74, 6) is 0.507. The maximum Gasteiger partial charge on any atom is 0.117 e. The minimum absolute atomic E-state index is 0.0513. The van der Waals surface area contributed by atoms with Gasteiger partial charge in [-0.15, -0.1) is 0 Å². The third-order valence-corrected chi connectivity index (χ3v) is 3.90. The summed E-state index contributed by atoms with van der Waals surface area (Å²) in [5, 5.41) is 12.6. The molecule has 0 spiro atoms. The molecule has 1 fully saturated rings. The molecule has 0 radical (unpaired) electrons. The average molecular weight is 293 g/mol. The van der Waals surface area contributed by atoms with E-state index in [4.69, 9.17) is 0 Å². The van der Waals surface area contributed by atoms with Gasteiger partial charge in [0.25, 0.3) is 0 Å². The average Bonchev–Trinajstić information content (AvgIpc) is 2.37. The first-order chi connectivity index (χ1) is 8.29. The Hall–Kier alpha value is -1.01. The molecular formula is C14H17BrN2. The summed E-state index contributed by atoms with van der Waals surface area (Å²) in [6, 6.07) is 10.4. The molecule has 0 heterocycles. The van der Waals surface area contributed by atoms with Crippen LogP contribution in [-0.2, 0) is 0 Å². The van der Waals surface area contributed by atoms with Gasteiger partial charge in [0.05, 0.1) is 6.07 Å². The SMILES string of the molecule is N#CC(Nc1cccc(Br)c1)C1CCCCC1. The Morgan fingerprint density at radius 1 is 1.29 bits per heavy atom. The number of halogens is 1. The lowest BCUT2D eigenvalue weighted by molar-refractivity contribution is 0.346. The first kappa shape index (κ1) is 12.4. The second-order valence-electron chi connectivity index (χ2n) is 4.66. The third-order valence-electron chi connectivity index (χ3n) is 3.41. The zero-order valence-electron chi connectivity index (χ0n) is 9.82. The van der Waals surface area contributed by atoms with Gasteiger partial charge in [-0.1, -0.05) is 41.3 Å². The Kier molecular flexibility index (Phi) is 4.44. The molecule has 1 aliphatic rings. The Bertz CT molecular complexity index is 405. The highest BCUT2D eigenvalue weighted by Gasteiger charge is 2.23. The number of nitrogens with zero attached hydrogens (tertiary/aromatic N) is 1. The monoisotopic (exact) mass is 292 g/mol. The van der Waals surface area contributed by atoms with Crippen molar-refractivity contribution in [1.82, 2.24) is 0 Å². The zero-order chi connectivity index (χ0) is 12.1. The van der Waals surface area contributed by atoms with Gasteiger partial charge in [-0.25, -0.2) is 0 Å². The van der Waals surface area contributed by atoms with Crippen molar-refractivity contribution in [3.05, 3.63) is 28.7 Å². The van der Waals surface area contributed by atoms with Crippen LogP contribution in [0.5, 0.6) is 0 Å². The molecule has 17 heavy (non-hydrogen) atoms. The number of hydrogen-bond acceptors (Lipinski definition) is 2. The van der Waals surface area contributed by atoms with Gasteiger partial charge in [-0.3, -0.25) is 0 Å². The molecule has 0 aromatic heterocycles. The summed E-state index contributed by atoms with van der Waals surface area (Å²) < 4.78 is 1.04. The highest BCUT2D eigenvalue weighted by atomic mass is 79.9. The molecule has 2 nitrogen and oxygen atoms in total. The summed E-state index contributed by atoms with van der Waals surface area (Å²) in [4.78, 5) is 0. The second kappa shape index (κ2) is 6.07. The molecule has 0 saturated heterocycles. The van der Waals surface area contributed by atoms with Crippen LogP contribution in [0.25, 0.3) is 0 Å². The van der Waals surface area contributed by atoms with E-state index in [9.17, 15) is 5.26 Å². The van der Waals surface area contributed by atoms with Crippen LogP contribution in [0.3, 0.4) is 0 Å². The Morgan fingerprint density at radius 3 is 2.71 bits per heavy atom. The Balaban J connectivity index is 2.02. The summed E-state index contributed by atoms with van der Waals surface area (Å²) in [6.45, 7) is 0. The van der Waals surface area contributed by atoms with E-state index < -0.39 is 0 Å². The molecule has 2 rings (SSSR count). The van der Waals surface area contributed by atoms with Gasteiger partial charge in [0.1, 0.15) is 6.04 Å². The molecule has 1 atom stereocenters. The van der Waals surface area contributed by atoms with Crippen molar-refractivity contribution >= 4 is 21.6 Å². The molecule has 1 aromatic carbocycles. The molecular weight excluding hydrogens is 276 g/mol. The van der Waals surface area contributed by atoms with Gasteiger partial charge >= 0.3 is 0 Å². The van der Waals surface area contributed by atoms with E-state index in [0.717, 1.165) is 10.2 Å². The maximum atomic E-state index is 9.28. The lowest BCUT2D eigenvalue weighted by Crippen LogP contribution is -2.29. The van der Waals surface area contributed by atoms with Crippen LogP contribution in [0.4, 0.5) is 5.69 Å². The first-order valence-electron chi connectivity index (χ1n) is 6.21. The molecule has 0 amide bonds. The third kappa shape index (κ3) is 3.47. The van der Waals surface area contributed by atoms with Crippen LogP contribution in [0.2, 0.25) is 0 Å². The molecule has 1 unspecified atom stereocenters. The molecule has 0 bridgehead atoms. The van der Waals surface area contributed by atoms with Crippen LogP contribution in [0, 0.1) is 17.2 Å². The summed E-state index contributed by atoms with van der Waals surface area (Å²) in [6.07, 6.45) is 6.22. The van der Waals surface area contributed by atoms with E-state index >= 15 is 0 Å². The minimum Gasteiger partial charge on any atom is -0.370 e. The Labute approximate surface area is 111 Å². The van der Waals surface area contributed by atoms with Crippen LogP contribution in [-0.4, -0.2) is 6.04 Å². The van der Waals surface area contributed by atoms with Crippen molar-refractivity contribution in [2.75, 3.05) is 5.32 Å². The van der Waals surface area contributed by atoms with Crippen molar-refractivity contribution in [3.63, 3.8) is 0 Å². The van der Waals surface area contributed by atoms with Gasteiger partial charge in [0, 0.05) is 10.2 Å². The lowest BCUT2D eigenvalue weighted by atomic mass is 9.84. The fourth-order valence-corrected chi connectivity index (χ4v) is 2.88. The highest BCUT2D eigenvalue weighted by Crippen LogP contribution is 2.28.